The summed E-state index contributed by atoms with van der Waals surface area (Å²) in [7, 11) is 0. The zero-order valence-electron chi connectivity index (χ0n) is 17.4. The Bertz CT molecular complexity index is 1010. The van der Waals surface area contributed by atoms with Crippen molar-refractivity contribution in [2.75, 3.05) is 13.2 Å². The van der Waals surface area contributed by atoms with E-state index in [1.807, 2.05) is 24.3 Å². The lowest BCUT2D eigenvalue weighted by Gasteiger charge is -2.22. The fourth-order valence-electron chi connectivity index (χ4n) is 3.65. The van der Waals surface area contributed by atoms with Gasteiger partial charge in [-0.15, -0.1) is 0 Å². The molecule has 3 atom stereocenters. The monoisotopic (exact) mass is 442 g/mol. The molecule has 0 unspecified atom stereocenters. The smallest absolute Gasteiger partial charge is 0.326 e. The van der Waals surface area contributed by atoms with Crippen molar-refractivity contribution in [1.82, 2.24) is 15.6 Å². The number of Topliss-reactive ketones (excluding diaryl/α,β-unsaturated/α-hetero) is 1. The molecule has 10 nitrogen and oxygen atoms in total. The third-order valence-corrected chi connectivity index (χ3v) is 5.49. The summed E-state index contributed by atoms with van der Waals surface area (Å²) in [4.78, 5) is 51.8. The molecule has 0 aliphatic carbocycles. The Morgan fingerprint density at radius 3 is 2.69 bits per heavy atom. The molecule has 170 valence electrons. The number of carboxylic acid groups (broad SMARTS) is 1. The molecule has 1 aromatic heterocycles. The first-order valence-corrected chi connectivity index (χ1v) is 10.4. The van der Waals surface area contributed by atoms with Gasteiger partial charge < -0.3 is 30.9 Å². The van der Waals surface area contributed by atoms with E-state index in [1.54, 1.807) is 6.20 Å². The molecule has 1 fully saturated rings. The van der Waals surface area contributed by atoms with Gasteiger partial charge in [0.1, 0.15) is 12.1 Å². The van der Waals surface area contributed by atoms with Crippen LogP contribution in [0.4, 0.5) is 0 Å². The Morgan fingerprint density at radius 2 is 2.00 bits per heavy atom. The van der Waals surface area contributed by atoms with E-state index in [1.165, 1.54) is 0 Å². The van der Waals surface area contributed by atoms with Gasteiger partial charge in [-0.3, -0.25) is 14.4 Å². The van der Waals surface area contributed by atoms with E-state index in [2.05, 4.69) is 15.6 Å². The lowest BCUT2D eigenvalue weighted by molar-refractivity contribution is -0.142. The third kappa shape index (κ3) is 5.79. The topological polar surface area (TPSA) is 161 Å². The van der Waals surface area contributed by atoms with E-state index in [4.69, 9.17) is 10.1 Å². The van der Waals surface area contributed by atoms with Gasteiger partial charge in [0.2, 0.25) is 11.8 Å². The molecule has 10 heteroatoms. The Kier molecular flexibility index (Phi) is 7.72. The number of ether oxygens (including phenoxy) is 1. The highest BCUT2D eigenvalue weighted by molar-refractivity contribution is 6.26. The summed E-state index contributed by atoms with van der Waals surface area (Å²) in [5.74, 6) is -3.17. The van der Waals surface area contributed by atoms with Crippen LogP contribution in [0.2, 0.25) is 0 Å². The number of H-pyrrole nitrogens is 1. The average Bonchev–Trinajstić information content (AvgIpc) is 3.46. The van der Waals surface area contributed by atoms with Gasteiger partial charge in [-0.25, -0.2) is 4.79 Å². The minimum atomic E-state index is -1.32. The van der Waals surface area contributed by atoms with Gasteiger partial charge in [0.25, 0.3) is 0 Å². The van der Waals surface area contributed by atoms with Gasteiger partial charge in [-0.1, -0.05) is 18.2 Å². The number of rotatable bonds is 11. The van der Waals surface area contributed by atoms with E-state index in [9.17, 15) is 24.3 Å². The molecule has 3 rings (SSSR count). The molecule has 32 heavy (non-hydrogen) atoms. The number of para-hydroxylation sites is 1. The Hall–Kier alpha value is -3.53. The number of carbonyl (C=O) groups excluding carboxylic acids is 3. The van der Waals surface area contributed by atoms with E-state index in [-0.39, 0.29) is 37.7 Å². The van der Waals surface area contributed by atoms with Crippen molar-refractivity contribution in [2.24, 2.45) is 5.92 Å². The van der Waals surface area contributed by atoms with Gasteiger partial charge in [-0.2, -0.15) is 0 Å². The van der Waals surface area contributed by atoms with Crippen molar-refractivity contribution in [1.29, 1.82) is 5.41 Å². The molecule has 0 radical (unpaired) electrons. The molecule has 5 N–H and O–H groups in total. The van der Waals surface area contributed by atoms with Crippen molar-refractivity contribution in [3.05, 3.63) is 36.0 Å². The predicted octanol–water partition coefficient (Wildman–Crippen LogP) is 0.800. The molecule has 0 bridgehead atoms. The summed E-state index contributed by atoms with van der Waals surface area (Å²) < 4.78 is 5.25. The van der Waals surface area contributed by atoms with Crippen molar-refractivity contribution in [3.8, 4) is 0 Å². The Labute approximate surface area is 184 Å². The Balaban J connectivity index is 1.77. The number of carbonyl (C=O) groups is 4. The van der Waals surface area contributed by atoms with Crippen LogP contribution >= 0.6 is 0 Å². The highest BCUT2D eigenvalue weighted by atomic mass is 16.5. The van der Waals surface area contributed by atoms with Crippen molar-refractivity contribution in [2.45, 2.75) is 37.8 Å². The lowest BCUT2D eigenvalue weighted by Crippen LogP contribution is -2.53. The number of aromatic amines is 1. The lowest BCUT2D eigenvalue weighted by atomic mass is 10.0. The first kappa shape index (κ1) is 23.1. The molecule has 1 saturated heterocycles. The van der Waals surface area contributed by atoms with E-state index >= 15 is 0 Å². The highest BCUT2D eigenvalue weighted by Crippen LogP contribution is 2.20. The minimum Gasteiger partial charge on any atom is -0.480 e. The van der Waals surface area contributed by atoms with E-state index < -0.39 is 29.7 Å². The summed E-state index contributed by atoms with van der Waals surface area (Å²) in [5, 5.41) is 22.5. The van der Waals surface area contributed by atoms with Gasteiger partial charge >= 0.3 is 5.97 Å². The molecule has 2 aromatic rings. The SMILES string of the molecule is N=CC(=O)CC[C@H](NC(=O)[C@H](Cc1c[nH]c2ccccc12)NC(=O)[C@H]1CCOC1)C(=O)O. The normalized spacial score (nSPS) is 17.4. The fraction of sp³-hybridized carbons (Fsp3) is 0.409. The summed E-state index contributed by atoms with van der Waals surface area (Å²) >= 11 is 0. The van der Waals surface area contributed by atoms with Crippen LogP contribution in [-0.2, 0) is 30.3 Å². The molecule has 0 spiro atoms. The molecular weight excluding hydrogens is 416 g/mol. The molecule has 0 saturated carbocycles. The number of hydrogen-bond donors (Lipinski definition) is 5. The number of aromatic nitrogens is 1. The number of fused-ring (bicyclic) bond motifs is 1. The fourth-order valence-corrected chi connectivity index (χ4v) is 3.65. The summed E-state index contributed by atoms with van der Waals surface area (Å²) in [6, 6.07) is 5.20. The number of nitrogens with one attached hydrogen (secondary N) is 4. The minimum absolute atomic E-state index is 0.153. The first-order valence-electron chi connectivity index (χ1n) is 10.4. The summed E-state index contributed by atoms with van der Waals surface area (Å²) in [6.07, 6.45) is 2.74. The molecule has 1 aliphatic rings. The van der Waals surface area contributed by atoms with E-state index in [0.29, 0.717) is 19.2 Å². The van der Waals surface area contributed by atoms with Crippen LogP contribution in [0.1, 0.15) is 24.8 Å². The van der Waals surface area contributed by atoms with Gasteiger partial charge in [-0.05, 0) is 24.5 Å². The van der Waals surface area contributed by atoms with Gasteiger partial charge in [0.05, 0.1) is 18.7 Å². The zero-order chi connectivity index (χ0) is 23.1. The van der Waals surface area contributed by atoms with Crippen molar-refractivity contribution >= 4 is 40.7 Å². The second kappa shape index (κ2) is 10.7. The maximum atomic E-state index is 13.0. The average molecular weight is 442 g/mol. The predicted molar refractivity (Wildman–Crippen MR) is 115 cm³/mol. The number of amides is 2. The standard InChI is InChI=1S/C22H26N4O6/c23-10-15(27)5-6-18(22(30)31)25-21(29)19(26-20(28)13-7-8-32-12-13)9-14-11-24-17-4-2-1-3-16(14)17/h1-4,10-11,13,18-19,23-24H,5-9,12H2,(H,25,29)(H,26,28)(H,30,31)/t13-,18-,19-/m0/s1. The van der Waals surface area contributed by atoms with Crippen LogP contribution in [0.5, 0.6) is 0 Å². The molecule has 2 heterocycles. The summed E-state index contributed by atoms with van der Waals surface area (Å²) in [6.45, 7) is 0.746. The third-order valence-electron chi connectivity index (χ3n) is 5.49. The Morgan fingerprint density at radius 1 is 1.22 bits per heavy atom. The number of aliphatic carboxylic acids is 1. The second-order valence-electron chi connectivity index (χ2n) is 7.73. The highest BCUT2D eigenvalue weighted by Gasteiger charge is 2.31. The number of ketones is 1. The van der Waals surface area contributed by atoms with Crippen LogP contribution in [0.3, 0.4) is 0 Å². The van der Waals surface area contributed by atoms with Gasteiger partial charge in [0.15, 0.2) is 5.78 Å². The van der Waals surface area contributed by atoms with Crippen LogP contribution in [0.15, 0.2) is 30.5 Å². The second-order valence-corrected chi connectivity index (χ2v) is 7.73. The number of carboxylic acids is 1. The maximum Gasteiger partial charge on any atom is 0.326 e. The quantitative estimate of drug-likeness (QED) is 0.323. The van der Waals surface area contributed by atoms with Crippen LogP contribution in [0.25, 0.3) is 10.9 Å². The molecule has 2 amide bonds. The molecule has 1 aromatic carbocycles. The number of hydrogen-bond acceptors (Lipinski definition) is 6. The van der Waals surface area contributed by atoms with Crippen molar-refractivity contribution in [3.63, 3.8) is 0 Å². The maximum absolute atomic E-state index is 13.0. The van der Waals surface area contributed by atoms with Crippen LogP contribution in [0, 0.1) is 11.3 Å². The summed E-state index contributed by atoms with van der Waals surface area (Å²) in [5.41, 5.74) is 1.68. The largest absolute Gasteiger partial charge is 0.480 e. The van der Waals surface area contributed by atoms with Crippen molar-refractivity contribution < 1.29 is 29.0 Å². The molecular formula is C22H26N4O6. The van der Waals surface area contributed by atoms with E-state index in [0.717, 1.165) is 16.5 Å². The van der Waals surface area contributed by atoms with Crippen LogP contribution < -0.4 is 10.6 Å². The molecule has 1 aliphatic heterocycles. The first-order chi connectivity index (χ1) is 15.4. The van der Waals surface area contributed by atoms with Crippen LogP contribution in [-0.4, -0.2) is 65.2 Å². The number of benzene rings is 1. The van der Waals surface area contributed by atoms with Gasteiger partial charge in [0, 0.05) is 36.5 Å². The zero-order valence-corrected chi connectivity index (χ0v) is 17.4.